The lowest BCUT2D eigenvalue weighted by atomic mass is 10.1. The van der Waals surface area contributed by atoms with Crippen molar-refractivity contribution in [2.24, 2.45) is 11.8 Å². The molecule has 1 aromatic rings. The molecule has 1 amide bonds. The van der Waals surface area contributed by atoms with Gasteiger partial charge in [-0.3, -0.25) is 4.79 Å². The van der Waals surface area contributed by atoms with E-state index in [9.17, 15) is 4.79 Å². The molecule has 0 radical (unpaired) electrons. The minimum atomic E-state index is 0. The number of nitrogens with zero attached hydrogens (tertiary/aromatic N) is 1. The molecule has 8 heteroatoms. The Morgan fingerprint density at radius 2 is 1.70 bits per heavy atom. The molecule has 0 spiro atoms. The van der Waals surface area contributed by atoms with E-state index < -0.39 is 0 Å². The summed E-state index contributed by atoms with van der Waals surface area (Å²) in [7, 11) is 3.33. The molecule has 1 aliphatic heterocycles. The Morgan fingerprint density at radius 1 is 1.04 bits per heavy atom. The standard InChI is InChI=1S/C19H29N3O3.2ClH/c1-24-17-7-16(8-18(9-17)25-2)22-6-5-15(13-22)11-21-19(23)12-20-10-14-3-4-14;;/h7-9,14-15,20H,3-6,10-13H2,1-2H3,(H,21,23);2*1H. The molecule has 1 atom stereocenters. The number of benzene rings is 1. The summed E-state index contributed by atoms with van der Waals surface area (Å²) >= 11 is 0. The summed E-state index contributed by atoms with van der Waals surface area (Å²) in [5.41, 5.74) is 1.11. The molecule has 2 fully saturated rings. The van der Waals surface area contributed by atoms with Crippen LogP contribution in [0.2, 0.25) is 0 Å². The number of hydrogen-bond donors (Lipinski definition) is 2. The third-order valence-corrected chi connectivity index (χ3v) is 4.99. The fraction of sp³-hybridized carbons (Fsp3) is 0.632. The monoisotopic (exact) mass is 419 g/mol. The first-order valence-corrected chi connectivity index (χ1v) is 9.13. The molecule has 2 aliphatic rings. The van der Waals surface area contributed by atoms with Gasteiger partial charge in [-0.2, -0.15) is 0 Å². The highest BCUT2D eigenvalue weighted by atomic mass is 35.5. The second kappa shape index (κ2) is 11.5. The fourth-order valence-corrected chi connectivity index (χ4v) is 3.24. The van der Waals surface area contributed by atoms with Gasteiger partial charge >= 0.3 is 0 Å². The number of carbonyl (C=O) groups is 1. The van der Waals surface area contributed by atoms with Crippen LogP contribution < -0.4 is 25.0 Å². The Hall–Kier alpha value is -1.37. The predicted molar refractivity (Wildman–Crippen MR) is 113 cm³/mol. The summed E-state index contributed by atoms with van der Waals surface area (Å²) in [6.07, 6.45) is 3.69. The van der Waals surface area contributed by atoms with Gasteiger partial charge in [-0.25, -0.2) is 0 Å². The van der Waals surface area contributed by atoms with Crippen LogP contribution in [0.15, 0.2) is 18.2 Å². The Morgan fingerprint density at radius 3 is 2.30 bits per heavy atom. The van der Waals surface area contributed by atoms with Gasteiger partial charge in [-0.05, 0) is 37.6 Å². The van der Waals surface area contributed by atoms with Crippen LogP contribution in [-0.2, 0) is 4.79 Å². The van der Waals surface area contributed by atoms with Crippen molar-refractivity contribution < 1.29 is 14.3 Å². The molecule has 2 N–H and O–H groups in total. The lowest BCUT2D eigenvalue weighted by Gasteiger charge is -2.20. The van der Waals surface area contributed by atoms with E-state index in [2.05, 4.69) is 15.5 Å². The maximum absolute atomic E-state index is 11.9. The van der Waals surface area contributed by atoms with Gasteiger partial charge in [0.25, 0.3) is 0 Å². The van der Waals surface area contributed by atoms with Crippen LogP contribution in [0.1, 0.15) is 19.3 Å². The number of hydrogen-bond acceptors (Lipinski definition) is 5. The normalized spacial score (nSPS) is 18.3. The zero-order valence-electron chi connectivity index (χ0n) is 16.0. The third-order valence-electron chi connectivity index (χ3n) is 4.99. The first-order valence-electron chi connectivity index (χ1n) is 9.13. The molecule has 0 bridgehead atoms. The van der Waals surface area contributed by atoms with E-state index in [4.69, 9.17) is 9.47 Å². The summed E-state index contributed by atoms with van der Waals surface area (Å²) in [6.45, 7) is 4.06. The number of carbonyl (C=O) groups excluding carboxylic acids is 1. The van der Waals surface area contributed by atoms with E-state index in [1.54, 1.807) is 14.2 Å². The van der Waals surface area contributed by atoms with Crippen LogP contribution in [0.3, 0.4) is 0 Å². The highest BCUT2D eigenvalue weighted by Gasteiger charge is 2.24. The molecule has 3 rings (SSSR count). The highest BCUT2D eigenvalue weighted by Crippen LogP contribution is 2.31. The lowest BCUT2D eigenvalue weighted by Crippen LogP contribution is -2.37. The summed E-state index contributed by atoms with van der Waals surface area (Å²) in [6, 6.07) is 5.95. The molecule has 27 heavy (non-hydrogen) atoms. The maximum Gasteiger partial charge on any atom is 0.233 e. The second-order valence-corrected chi connectivity index (χ2v) is 7.05. The molecule has 0 aromatic heterocycles. The zero-order valence-corrected chi connectivity index (χ0v) is 17.7. The van der Waals surface area contributed by atoms with Gasteiger partial charge in [0.05, 0.1) is 20.8 Å². The van der Waals surface area contributed by atoms with Crippen LogP contribution in [-0.4, -0.2) is 52.9 Å². The van der Waals surface area contributed by atoms with Crippen LogP contribution in [0.4, 0.5) is 5.69 Å². The number of anilines is 1. The Balaban J connectivity index is 0.00000182. The lowest BCUT2D eigenvalue weighted by molar-refractivity contribution is -0.120. The molecule has 154 valence electrons. The van der Waals surface area contributed by atoms with E-state index >= 15 is 0 Å². The predicted octanol–water partition coefficient (Wildman–Crippen LogP) is 2.49. The van der Waals surface area contributed by atoms with Gasteiger partial charge in [0.2, 0.25) is 5.91 Å². The topological polar surface area (TPSA) is 62.8 Å². The molecule has 6 nitrogen and oxygen atoms in total. The molecule has 1 unspecified atom stereocenters. The van der Waals surface area contributed by atoms with Gasteiger partial charge in [0, 0.05) is 43.5 Å². The summed E-state index contributed by atoms with van der Waals surface area (Å²) in [5.74, 6) is 2.98. The van der Waals surface area contributed by atoms with E-state index in [1.807, 2.05) is 18.2 Å². The van der Waals surface area contributed by atoms with Gasteiger partial charge in [-0.1, -0.05) is 0 Å². The highest BCUT2D eigenvalue weighted by molar-refractivity contribution is 5.85. The number of amides is 1. The Kier molecular flexibility index (Phi) is 10.1. The Bertz CT molecular complexity index is 577. The fourth-order valence-electron chi connectivity index (χ4n) is 3.24. The van der Waals surface area contributed by atoms with Crippen LogP contribution in [0.25, 0.3) is 0 Å². The number of rotatable bonds is 9. The molecule has 1 heterocycles. The van der Waals surface area contributed by atoms with E-state index in [1.165, 1.54) is 12.8 Å². The Labute approximate surface area is 174 Å². The van der Waals surface area contributed by atoms with Crippen LogP contribution in [0, 0.1) is 11.8 Å². The van der Waals surface area contributed by atoms with Gasteiger partial charge < -0.3 is 25.0 Å². The van der Waals surface area contributed by atoms with Gasteiger partial charge in [0.1, 0.15) is 11.5 Å². The summed E-state index contributed by atoms with van der Waals surface area (Å²) < 4.78 is 10.7. The number of nitrogens with one attached hydrogen (secondary N) is 2. The van der Waals surface area contributed by atoms with Crippen molar-refractivity contribution in [3.8, 4) is 11.5 Å². The van der Waals surface area contributed by atoms with Crippen molar-refractivity contribution in [3.05, 3.63) is 18.2 Å². The van der Waals surface area contributed by atoms with Crippen molar-refractivity contribution in [2.75, 3.05) is 51.8 Å². The molecule has 1 saturated carbocycles. The van der Waals surface area contributed by atoms with Crippen molar-refractivity contribution in [2.45, 2.75) is 19.3 Å². The second-order valence-electron chi connectivity index (χ2n) is 7.05. The maximum atomic E-state index is 11.9. The van der Waals surface area contributed by atoms with E-state index in [-0.39, 0.29) is 30.7 Å². The van der Waals surface area contributed by atoms with E-state index in [0.717, 1.165) is 55.7 Å². The van der Waals surface area contributed by atoms with Crippen LogP contribution in [0.5, 0.6) is 11.5 Å². The number of halogens is 2. The van der Waals surface area contributed by atoms with E-state index in [0.29, 0.717) is 12.5 Å². The summed E-state index contributed by atoms with van der Waals surface area (Å²) in [5, 5.41) is 6.29. The first-order chi connectivity index (χ1) is 12.2. The minimum Gasteiger partial charge on any atom is -0.497 e. The molecule has 1 aromatic carbocycles. The SMILES string of the molecule is COc1cc(OC)cc(N2CCC(CNC(=O)CNCC3CC3)C2)c1.Cl.Cl. The summed E-state index contributed by atoms with van der Waals surface area (Å²) in [4.78, 5) is 14.2. The quantitative estimate of drug-likeness (QED) is 0.643. The number of methoxy groups -OCH3 is 2. The largest absolute Gasteiger partial charge is 0.497 e. The van der Waals surface area contributed by atoms with Crippen molar-refractivity contribution in [3.63, 3.8) is 0 Å². The first kappa shape index (κ1) is 23.7. The van der Waals surface area contributed by atoms with Crippen molar-refractivity contribution in [1.29, 1.82) is 0 Å². The van der Waals surface area contributed by atoms with Crippen molar-refractivity contribution in [1.82, 2.24) is 10.6 Å². The molecule has 1 aliphatic carbocycles. The minimum absolute atomic E-state index is 0. The van der Waals surface area contributed by atoms with Crippen LogP contribution >= 0.6 is 24.8 Å². The van der Waals surface area contributed by atoms with Gasteiger partial charge in [-0.15, -0.1) is 24.8 Å². The third kappa shape index (κ3) is 7.28. The molecular weight excluding hydrogens is 389 g/mol. The smallest absolute Gasteiger partial charge is 0.233 e. The molecule has 1 saturated heterocycles. The average Bonchev–Trinajstić information content (AvgIpc) is 3.34. The van der Waals surface area contributed by atoms with Crippen molar-refractivity contribution >= 4 is 36.4 Å². The molecular formula is C19H31Cl2N3O3. The zero-order chi connectivity index (χ0) is 17.6. The average molecular weight is 420 g/mol. The number of ether oxygens (including phenoxy) is 2. The van der Waals surface area contributed by atoms with Gasteiger partial charge in [0.15, 0.2) is 0 Å².